The van der Waals surface area contributed by atoms with Crippen LogP contribution in [0.2, 0.25) is 10.0 Å². The zero-order valence-corrected chi connectivity index (χ0v) is 38.6. The fourth-order valence-electron chi connectivity index (χ4n) is 8.24. The number of benzene rings is 2. The number of aromatic nitrogens is 2. The molecule has 4 heterocycles. The molecule has 0 aliphatic carbocycles. The van der Waals surface area contributed by atoms with Gasteiger partial charge in [-0.05, 0) is 71.9 Å². The van der Waals surface area contributed by atoms with Gasteiger partial charge in [0.25, 0.3) is 11.8 Å². The number of imidazole rings is 1. The molecule has 20 heteroatoms. The Hall–Kier alpha value is -5.46. The van der Waals surface area contributed by atoms with E-state index in [2.05, 4.69) is 10.3 Å². The Labute approximate surface area is 381 Å². The molecule has 17 nitrogen and oxygen atoms in total. The molecular formula is C44H56Cl2FN7O10. The highest BCUT2D eigenvalue weighted by Crippen LogP contribution is 2.35. The highest BCUT2D eigenvalue weighted by molar-refractivity contribution is 6.34. The molecule has 3 aliphatic rings. The molecule has 0 unspecified atom stereocenters. The summed E-state index contributed by atoms with van der Waals surface area (Å²) in [5.41, 5.74) is -0.0583. The lowest BCUT2D eigenvalue weighted by atomic mass is 9.90. The minimum atomic E-state index is -0.983. The number of anilines is 1. The molecule has 2 N–H and O–H groups in total. The summed E-state index contributed by atoms with van der Waals surface area (Å²) in [6, 6.07) is 7.14. The summed E-state index contributed by atoms with van der Waals surface area (Å²) in [5, 5.41) is 20.4. The number of ether oxygens (including phenoxy) is 2. The molecule has 64 heavy (non-hydrogen) atoms. The number of rotatable bonds is 9. The maximum atomic E-state index is 14.2. The summed E-state index contributed by atoms with van der Waals surface area (Å²) >= 11 is 12.7. The van der Waals surface area contributed by atoms with Gasteiger partial charge in [0.1, 0.15) is 11.2 Å². The van der Waals surface area contributed by atoms with Crippen LogP contribution in [0.1, 0.15) is 75.4 Å². The lowest BCUT2D eigenvalue weighted by molar-refractivity contribution is -0.930. The van der Waals surface area contributed by atoms with E-state index in [1.165, 1.54) is 29.0 Å². The molecule has 3 aromatic rings. The van der Waals surface area contributed by atoms with E-state index in [0.717, 1.165) is 6.07 Å². The third kappa shape index (κ3) is 12.2. The van der Waals surface area contributed by atoms with Crippen LogP contribution in [0.5, 0.6) is 5.75 Å². The molecule has 0 spiro atoms. The topological polar surface area (TPSA) is 204 Å². The lowest BCUT2D eigenvalue weighted by Crippen LogP contribution is -2.64. The third-order valence-electron chi connectivity index (χ3n) is 11.3. The number of piperidine rings is 1. The number of esters is 1. The lowest BCUT2D eigenvalue weighted by Gasteiger charge is -2.49. The number of likely N-dealkylation sites (tertiary alicyclic amines) is 2. The van der Waals surface area contributed by atoms with Crippen LogP contribution in [0.3, 0.4) is 0 Å². The molecule has 0 radical (unpaired) electrons. The van der Waals surface area contributed by atoms with Crippen LogP contribution in [0.4, 0.5) is 14.9 Å². The summed E-state index contributed by atoms with van der Waals surface area (Å²) < 4.78 is 27.4. The van der Waals surface area contributed by atoms with Gasteiger partial charge in [-0.1, -0.05) is 23.2 Å². The van der Waals surface area contributed by atoms with Crippen LogP contribution in [0, 0.1) is 17.7 Å². The minimum absolute atomic E-state index is 0.00229. The molecule has 3 saturated heterocycles. The number of hydrogen-bond acceptors (Lipinski definition) is 11. The quantitative estimate of drug-likeness (QED) is 0.173. The number of carbonyl (C=O) groups excluding carboxylic acids is 6. The first-order chi connectivity index (χ1) is 29.9. The first kappa shape index (κ1) is 49.6. The molecule has 4 amide bonds. The highest BCUT2D eigenvalue weighted by Gasteiger charge is 2.45. The van der Waals surface area contributed by atoms with Gasteiger partial charge in [0.05, 0.1) is 47.1 Å². The van der Waals surface area contributed by atoms with E-state index < -0.39 is 35.1 Å². The van der Waals surface area contributed by atoms with Gasteiger partial charge in [-0.3, -0.25) is 14.4 Å². The van der Waals surface area contributed by atoms with Gasteiger partial charge in [-0.15, -0.1) is 0 Å². The van der Waals surface area contributed by atoms with Crippen molar-refractivity contribution in [1.82, 2.24) is 24.3 Å². The van der Waals surface area contributed by atoms with Crippen LogP contribution >= 0.6 is 23.2 Å². The molecule has 3 aliphatic heterocycles. The monoisotopic (exact) mass is 931 g/mol. The van der Waals surface area contributed by atoms with E-state index in [1.807, 2.05) is 46.4 Å². The number of aromatic hydroxyl groups is 1. The van der Waals surface area contributed by atoms with Crippen molar-refractivity contribution in [2.75, 3.05) is 70.8 Å². The number of nitrogens with one attached hydrogen (secondary N) is 1. The van der Waals surface area contributed by atoms with Gasteiger partial charge < -0.3 is 53.5 Å². The SMILES string of the molecule is Cn1c(-c2ccc(O)c(F)c2Cl)cnc1C(=O)Nc1ccc(C(=O)N2CCN(C(=O)C3CC[N+](CC(=O)OC(C)(C)C)(CC4CN(C(=O)OC(C)(C)C)C4)CC3)CC2)c(Cl)c1.O=C[O-]. The zero-order valence-electron chi connectivity index (χ0n) is 37.1. The Bertz CT molecular complexity index is 2240. The second-order valence-corrected chi connectivity index (χ2v) is 19.2. The molecule has 2 aromatic carbocycles. The Kier molecular flexibility index (Phi) is 15.6. The molecule has 0 saturated carbocycles. The Balaban J connectivity index is 0.00000250. The standard InChI is InChI=1S/C43H54Cl2FN7O8.CH2O2/c1-42(2,3)60-34(55)25-53(24-26-22-52(23-26)41(59)61-43(4,5)6)18-12-27(13-19-53)39(57)50-14-16-51(17-15-50)40(58)29-9-8-28(20-31(29)44)48-38(56)37-47-21-32(49(37)7)30-10-11-33(54)36(46)35(30)45;2-1-3/h8-11,20-21,26-27H,12-19,22-25H2,1-7H3,(H-,48,54,56,58);1H,(H,2,3). The van der Waals surface area contributed by atoms with Crippen LogP contribution in [-0.4, -0.2) is 147 Å². The first-order valence-electron chi connectivity index (χ1n) is 20.9. The van der Waals surface area contributed by atoms with Crippen LogP contribution < -0.4 is 10.4 Å². The number of carboxylic acid groups (broad SMARTS) is 1. The highest BCUT2D eigenvalue weighted by atomic mass is 35.5. The fraction of sp³-hybridized carbons (Fsp3) is 0.523. The van der Waals surface area contributed by atoms with Crippen molar-refractivity contribution >= 4 is 65.1 Å². The van der Waals surface area contributed by atoms with Crippen LogP contribution in [-0.2, 0) is 30.9 Å². The van der Waals surface area contributed by atoms with Gasteiger partial charge in [0, 0.05) is 88.7 Å². The van der Waals surface area contributed by atoms with Gasteiger partial charge in [-0.2, -0.15) is 0 Å². The summed E-state index contributed by atoms with van der Waals surface area (Å²) in [5.74, 6) is -2.73. The van der Waals surface area contributed by atoms with Crippen molar-refractivity contribution in [3.63, 3.8) is 0 Å². The molecule has 3 fully saturated rings. The predicted molar refractivity (Wildman–Crippen MR) is 233 cm³/mol. The Morgan fingerprint density at radius 1 is 0.938 bits per heavy atom. The van der Waals surface area contributed by atoms with E-state index in [9.17, 15) is 33.5 Å². The van der Waals surface area contributed by atoms with Gasteiger partial charge >= 0.3 is 12.1 Å². The fourth-order valence-corrected chi connectivity index (χ4v) is 8.76. The van der Waals surface area contributed by atoms with E-state index >= 15 is 0 Å². The molecule has 0 atom stereocenters. The number of quaternary nitrogens is 1. The smallest absolute Gasteiger partial charge is 0.410 e. The number of halogens is 3. The third-order valence-corrected chi connectivity index (χ3v) is 11.9. The molecule has 1 aromatic heterocycles. The minimum Gasteiger partial charge on any atom is -0.554 e. The predicted octanol–water partition coefficient (Wildman–Crippen LogP) is 4.58. The average molecular weight is 933 g/mol. The number of hydrogen-bond donors (Lipinski definition) is 2. The van der Waals surface area contributed by atoms with Gasteiger partial charge in [0.2, 0.25) is 5.91 Å². The summed E-state index contributed by atoms with van der Waals surface area (Å²) in [6.45, 7) is 15.2. The van der Waals surface area contributed by atoms with Gasteiger partial charge in [-0.25, -0.2) is 19.0 Å². The Morgan fingerprint density at radius 3 is 2.11 bits per heavy atom. The van der Waals surface area contributed by atoms with E-state index in [4.69, 9.17) is 42.6 Å². The van der Waals surface area contributed by atoms with Crippen LogP contribution in [0.15, 0.2) is 36.5 Å². The van der Waals surface area contributed by atoms with Gasteiger partial charge in [0.15, 0.2) is 23.9 Å². The number of piperazine rings is 1. The molecule has 0 bridgehead atoms. The van der Waals surface area contributed by atoms with Crippen molar-refractivity contribution in [1.29, 1.82) is 0 Å². The first-order valence-corrected chi connectivity index (χ1v) is 21.7. The number of carbonyl (C=O) groups is 6. The summed E-state index contributed by atoms with van der Waals surface area (Å²) in [6.07, 6.45) is 2.24. The summed E-state index contributed by atoms with van der Waals surface area (Å²) in [4.78, 5) is 83.9. The normalized spacial score (nSPS) is 19.2. The van der Waals surface area contributed by atoms with Crippen molar-refractivity contribution in [2.45, 2.75) is 65.6 Å². The van der Waals surface area contributed by atoms with Crippen molar-refractivity contribution in [3.8, 4) is 17.0 Å². The zero-order chi connectivity index (χ0) is 47.3. The maximum absolute atomic E-state index is 14.2. The Morgan fingerprint density at radius 2 is 1.53 bits per heavy atom. The van der Waals surface area contributed by atoms with Crippen molar-refractivity contribution in [3.05, 3.63) is 63.8 Å². The summed E-state index contributed by atoms with van der Waals surface area (Å²) in [7, 11) is 1.57. The molecule has 6 rings (SSSR count). The number of phenolic OH excluding ortho intramolecular Hbond substituents is 1. The second-order valence-electron chi connectivity index (χ2n) is 18.4. The molecule has 348 valence electrons. The van der Waals surface area contributed by atoms with E-state index in [-0.39, 0.29) is 69.3 Å². The largest absolute Gasteiger partial charge is 0.554 e. The van der Waals surface area contributed by atoms with Crippen molar-refractivity contribution < 1.29 is 57.3 Å². The average Bonchev–Trinajstić information content (AvgIpc) is 3.57. The number of phenols is 1. The number of nitrogens with zero attached hydrogens (tertiary/aromatic N) is 6. The number of amides is 4. The van der Waals surface area contributed by atoms with E-state index in [0.29, 0.717) is 87.6 Å². The second kappa shape index (κ2) is 20.2. The van der Waals surface area contributed by atoms with Crippen molar-refractivity contribution in [2.24, 2.45) is 18.9 Å². The molecular weight excluding hydrogens is 876 g/mol. The van der Waals surface area contributed by atoms with Crippen LogP contribution in [0.25, 0.3) is 11.3 Å². The van der Waals surface area contributed by atoms with E-state index in [1.54, 1.807) is 22.9 Å². The maximum Gasteiger partial charge on any atom is 0.410 e.